The van der Waals surface area contributed by atoms with E-state index in [1.165, 1.54) is 12.5 Å². The van der Waals surface area contributed by atoms with Crippen molar-refractivity contribution in [1.82, 2.24) is 16.0 Å². The molecule has 2 rings (SSSR count). The summed E-state index contributed by atoms with van der Waals surface area (Å²) in [5.74, 6) is 0.0470. The molecule has 24 heavy (non-hydrogen) atoms. The van der Waals surface area contributed by atoms with Crippen molar-refractivity contribution in [2.24, 2.45) is 5.92 Å². The van der Waals surface area contributed by atoms with Crippen LogP contribution in [0.2, 0.25) is 0 Å². The molecule has 0 fully saturated rings. The SMILES string of the molecule is CC(=O)NCC(=O)NCC(=O)N[C@@H]1C[C@H](C(C)C)c2ccccc21. The Hall–Kier alpha value is -2.37. The van der Waals surface area contributed by atoms with Gasteiger partial charge in [-0.15, -0.1) is 0 Å². The number of carbonyl (C=O) groups excluding carboxylic acids is 3. The van der Waals surface area contributed by atoms with Crippen LogP contribution in [0.25, 0.3) is 0 Å². The molecule has 0 unspecified atom stereocenters. The van der Waals surface area contributed by atoms with Gasteiger partial charge < -0.3 is 16.0 Å². The average molecular weight is 331 g/mol. The number of amides is 3. The van der Waals surface area contributed by atoms with Crippen LogP contribution in [0, 0.1) is 5.92 Å². The fourth-order valence-corrected chi connectivity index (χ4v) is 3.13. The van der Waals surface area contributed by atoms with Gasteiger partial charge in [-0.2, -0.15) is 0 Å². The number of rotatable bonds is 6. The van der Waals surface area contributed by atoms with Crippen LogP contribution in [-0.2, 0) is 14.4 Å². The van der Waals surface area contributed by atoms with Crippen LogP contribution in [-0.4, -0.2) is 30.8 Å². The summed E-state index contributed by atoms with van der Waals surface area (Å²) in [7, 11) is 0. The number of benzene rings is 1. The van der Waals surface area contributed by atoms with Crippen LogP contribution in [0.1, 0.15) is 50.3 Å². The van der Waals surface area contributed by atoms with Crippen LogP contribution in [0.4, 0.5) is 0 Å². The zero-order valence-electron chi connectivity index (χ0n) is 14.4. The summed E-state index contributed by atoms with van der Waals surface area (Å²) in [4.78, 5) is 34.4. The molecule has 0 bridgehead atoms. The highest BCUT2D eigenvalue weighted by atomic mass is 16.2. The topological polar surface area (TPSA) is 87.3 Å². The average Bonchev–Trinajstić information content (AvgIpc) is 2.90. The quantitative estimate of drug-likeness (QED) is 0.733. The first-order valence-electron chi connectivity index (χ1n) is 8.27. The monoisotopic (exact) mass is 331 g/mol. The summed E-state index contributed by atoms with van der Waals surface area (Å²) in [5.41, 5.74) is 2.46. The lowest BCUT2D eigenvalue weighted by atomic mass is 9.90. The maximum atomic E-state index is 12.1. The minimum atomic E-state index is -0.382. The molecular formula is C18H25N3O3. The Morgan fingerprint density at radius 2 is 1.67 bits per heavy atom. The van der Waals surface area contributed by atoms with Crippen molar-refractivity contribution in [3.05, 3.63) is 35.4 Å². The lowest BCUT2D eigenvalue weighted by Gasteiger charge is -2.17. The Kier molecular flexibility index (Phi) is 5.95. The van der Waals surface area contributed by atoms with Gasteiger partial charge in [-0.25, -0.2) is 0 Å². The molecule has 0 radical (unpaired) electrons. The highest BCUT2D eigenvalue weighted by molar-refractivity contribution is 5.87. The van der Waals surface area contributed by atoms with Gasteiger partial charge in [0.15, 0.2) is 0 Å². The highest BCUT2D eigenvalue weighted by Crippen LogP contribution is 2.43. The van der Waals surface area contributed by atoms with E-state index in [9.17, 15) is 14.4 Å². The molecule has 0 saturated carbocycles. The summed E-state index contributed by atoms with van der Waals surface area (Å²) >= 11 is 0. The van der Waals surface area contributed by atoms with Gasteiger partial charge in [0.25, 0.3) is 0 Å². The Balaban J connectivity index is 1.88. The second-order valence-corrected chi connectivity index (χ2v) is 6.52. The predicted molar refractivity (Wildman–Crippen MR) is 91.2 cm³/mol. The lowest BCUT2D eigenvalue weighted by molar-refractivity contribution is -0.127. The molecule has 1 aliphatic rings. The molecule has 6 nitrogen and oxygen atoms in total. The van der Waals surface area contributed by atoms with Gasteiger partial charge in [-0.3, -0.25) is 14.4 Å². The summed E-state index contributed by atoms with van der Waals surface area (Å²) in [6.45, 7) is 5.50. The van der Waals surface area contributed by atoms with Gasteiger partial charge in [0.1, 0.15) is 0 Å². The Labute approximate surface area is 142 Å². The third kappa shape index (κ3) is 4.57. The van der Waals surface area contributed by atoms with E-state index in [1.807, 2.05) is 12.1 Å². The molecule has 3 N–H and O–H groups in total. The Morgan fingerprint density at radius 1 is 1.04 bits per heavy atom. The van der Waals surface area contributed by atoms with Gasteiger partial charge in [-0.1, -0.05) is 38.1 Å². The Bertz CT molecular complexity index is 628. The number of fused-ring (bicyclic) bond motifs is 1. The molecule has 0 saturated heterocycles. The minimum Gasteiger partial charge on any atom is -0.348 e. The van der Waals surface area contributed by atoms with Gasteiger partial charge in [0.2, 0.25) is 17.7 Å². The summed E-state index contributed by atoms with van der Waals surface area (Å²) in [5, 5.41) is 7.89. The van der Waals surface area contributed by atoms with Gasteiger partial charge >= 0.3 is 0 Å². The molecule has 1 aromatic carbocycles. The predicted octanol–water partition coefficient (Wildman–Crippen LogP) is 1.24. The standard InChI is InChI=1S/C18H25N3O3/c1-11(2)15-8-16(14-7-5-4-6-13(14)15)21-18(24)10-20-17(23)9-19-12(3)22/h4-7,11,15-16H,8-10H2,1-3H3,(H,19,22)(H,20,23)(H,21,24)/t15-,16-/m1/s1. The smallest absolute Gasteiger partial charge is 0.239 e. The van der Waals surface area contributed by atoms with Crippen LogP contribution >= 0.6 is 0 Å². The summed E-state index contributed by atoms with van der Waals surface area (Å²) in [6, 6.07) is 8.17. The molecule has 1 aromatic rings. The lowest BCUT2D eigenvalue weighted by Crippen LogP contribution is -2.42. The fraction of sp³-hybridized carbons (Fsp3) is 0.500. The zero-order valence-corrected chi connectivity index (χ0v) is 14.4. The molecule has 0 aromatic heterocycles. The van der Waals surface area contributed by atoms with E-state index >= 15 is 0 Å². The van der Waals surface area contributed by atoms with Crippen LogP contribution in [0.15, 0.2) is 24.3 Å². The number of hydrogen-bond acceptors (Lipinski definition) is 3. The van der Waals surface area contributed by atoms with E-state index in [0.29, 0.717) is 11.8 Å². The van der Waals surface area contributed by atoms with Gasteiger partial charge in [0.05, 0.1) is 19.1 Å². The molecule has 0 heterocycles. The molecule has 0 aliphatic heterocycles. The summed E-state index contributed by atoms with van der Waals surface area (Å²) < 4.78 is 0. The number of carbonyl (C=O) groups is 3. The molecule has 6 heteroatoms. The normalized spacial score (nSPS) is 18.8. The molecule has 0 spiro atoms. The maximum Gasteiger partial charge on any atom is 0.239 e. The van der Waals surface area contributed by atoms with E-state index < -0.39 is 0 Å². The van der Waals surface area contributed by atoms with E-state index in [4.69, 9.17) is 0 Å². The largest absolute Gasteiger partial charge is 0.348 e. The van der Waals surface area contributed by atoms with Crippen molar-refractivity contribution in [1.29, 1.82) is 0 Å². The molecule has 130 valence electrons. The van der Waals surface area contributed by atoms with Crippen molar-refractivity contribution in [2.45, 2.75) is 39.2 Å². The van der Waals surface area contributed by atoms with Crippen molar-refractivity contribution in [3.8, 4) is 0 Å². The number of nitrogens with one attached hydrogen (secondary N) is 3. The van der Waals surface area contributed by atoms with E-state index in [2.05, 4.69) is 41.9 Å². The van der Waals surface area contributed by atoms with Gasteiger partial charge in [-0.05, 0) is 29.4 Å². The third-order valence-electron chi connectivity index (χ3n) is 4.34. The molecule has 3 amide bonds. The minimum absolute atomic E-state index is 0.0200. The van der Waals surface area contributed by atoms with Crippen molar-refractivity contribution >= 4 is 17.7 Å². The highest BCUT2D eigenvalue weighted by Gasteiger charge is 2.33. The summed E-state index contributed by atoms with van der Waals surface area (Å²) in [6.07, 6.45) is 0.878. The Morgan fingerprint density at radius 3 is 2.29 bits per heavy atom. The number of hydrogen-bond donors (Lipinski definition) is 3. The van der Waals surface area contributed by atoms with E-state index in [-0.39, 0.29) is 36.9 Å². The van der Waals surface area contributed by atoms with Crippen molar-refractivity contribution in [2.75, 3.05) is 13.1 Å². The fourth-order valence-electron chi connectivity index (χ4n) is 3.13. The van der Waals surface area contributed by atoms with Crippen molar-refractivity contribution in [3.63, 3.8) is 0 Å². The van der Waals surface area contributed by atoms with Crippen molar-refractivity contribution < 1.29 is 14.4 Å². The second kappa shape index (κ2) is 7.95. The first kappa shape index (κ1) is 18.0. The van der Waals surface area contributed by atoms with Crippen LogP contribution < -0.4 is 16.0 Å². The third-order valence-corrected chi connectivity index (χ3v) is 4.34. The second-order valence-electron chi connectivity index (χ2n) is 6.52. The first-order chi connectivity index (χ1) is 11.4. The zero-order chi connectivity index (χ0) is 17.7. The van der Waals surface area contributed by atoms with Gasteiger partial charge in [0, 0.05) is 6.92 Å². The maximum absolute atomic E-state index is 12.1. The van der Waals surface area contributed by atoms with E-state index in [1.54, 1.807) is 0 Å². The molecule has 1 aliphatic carbocycles. The van der Waals surface area contributed by atoms with Crippen LogP contribution in [0.3, 0.4) is 0 Å². The van der Waals surface area contributed by atoms with E-state index in [0.717, 1.165) is 12.0 Å². The van der Waals surface area contributed by atoms with Crippen LogP contribution in [0.5, 0.6) is 0 Å². The first-order valence-corrected chi connectivity index (χ1v) is 8.27. The molecule has 2 atom stereocenters. The molecular weight excluding hydrogens is 306 g/mol.